The van der Waals surface area contributed by atoms with Gasteiger partial charge in [0, 0.05) is 0 Å². The van der Waals surface area contributed by atoms with Gasteiger partial charge in [-0.25, -0.2) is 9.89 Å². The zero-order chi connectivity index (χ0) is 9.31. The highest BCUT2D eigenvalue weighted by atomic mass is 16.1. The molecule has 1 aliphatic heterocycles. The SMILES string of the molecule is CCC1(c2n[nH]c(=O)[nH]2)CCCN1. The monoisotopic (exact) mass is 182 g/mol. The number of nitrogens with zero attached hydrogens (tertiary/aromatic N) is 1. The van der Waals surface area contributed by atoms with E-state index in [0.29, 0.717) is 0 Å². The van der Waals surface area contributed by atoms with Crippen molar-refractivity contribution in [1.82, 2.24) is 20.5 Å². The van der Waals surface area contributed by atoms with Gasteiger partial charge in [0.25, 0.3) is 0 Å². The third kappa shape index (κ3) is 1.29. The van der Waals surface area contributed by atoms with Crippen molar-refractivity contribution in [1.29, 1.82) is 0 Å². The van der Waals surface area contributed by atoms with Gasteiger partial charge in [0.15, 0.2) is 5.82 Å². The summed E-state index contributed by atoms with van der Waals surface area (Å²) in [5, 5.41) is 9.79. The fraction of sp³-hybridized carbons (Fsp3) is 0.750. The molecule has 1 fully saturated rings. The van der Waals surface area contributed by atoms with E-state index in [1.807, 2.05) is 0 Å². The van der Waals surface area contributed by atoms with Crippen molar-refractivity contribution in [3.63, 3.8) is 0 Å². The van der Waals surface area contributed by atoms with E-state index >= 15 is 0 Å². The zero-order valence-corrected chi connectivity index (χ0v) is 7.68. The number of rotatable bonds is 2. The summed E-state index contributed by atoms with van der Waals surface area (Å²) in [6, 6.07) is 0. The van der Waals surface area contributed by atoms with Gasteiger partial charge in [-0.05, 0) is 25.8 Å². The Morgan fingerprint density at radius 2 is 2.46 bits per heavy atom. The number of aromatic amines is 2. The number of aromatic nitrogens is 3. The molecule has 1 saturated heterocycles. The van der Waals surface area contributed by atoms with Crippen LogP contribution < -0.4 is 11.0 Å². The quantitative estimate of drug-likeness (QED) is 0.606. The summed E-state index contributed by atoms with van der Waals surface area (Å²) in [5.41, 5.74) is -0.323. The maximum atomic E-state index is 10.9. The summed E-state index contributed by atoms with van der Waals surface area (Å²) >= 11 is 0. The first-order chi connectivity index (χ1) is 6.27. The molecule has 1 aliphatic rings. The number of hydrogen-bond donors (Lipinski definition) is 3. The van der Waals surface area contributed by atoms with Crippen LogP contribution in [0.15, 0.2) is 4.79 Å². The fourth-order valence-electron chi connectivity index (χ4n) is 1.97. The van der Waals surface area contributed by atoms with Crippen LogP contribution in [-0.4, -0.2) is 21.7 Å². The van der Waals surface area contributed by atoms with Crippen molar-refractivity contribution < 1.29 is 0 Å². The summed E-state index contributed by atoms with van der Waals surface area (Å²) in [6.45, 7) is 3.11. The van der Waals surface area contributed by atoms with Gasteiger partial charge < -0.3 is 5.32 Å². The van der Waals surface area contributed by atoms with E-state index in [1.54, 1.807) is 0 Å². The molecule has 0 aliphatic carbocycles. The Hall–Kier alpha value is -1.10. The van der Waals surface area contributed by atoms with E-state index in [0.717, 1.165) is 31.6 Å². The van der Waals surface area contributed by atoms with Crippen molar-refractivity contribution in [3.05, 3.63) is 16.3 Å². The molecule has 0 amide bonds. The lowest BCUT2D eigenvalue weighted by Crippen LogP contribution is -2.37. The van der Waals surface area contributed by atoms with Gasteiger partial charge in [-0.2, -0.15) is 5.10 Å². The van der Waals surface area contributed by atoms with Crippen molar-refractivity contribution in [2.45, 2.75) is 31.7 Å². The molecule has 3 N–H and O–H groups in total. The van der Waals surface area contributed by atoms with Crippen LogP contribution in [0.5, 0.6) is 0 Å². The molecular weight excluding hydrogens is 168 g/mol. The first-order valence-corrected chi connectivity index (χ1v) is 4.67. The molecule has 1 aromatic heterocycles. The molecule has 1 atom stereocenters. The first-order valence-electron chi connectivity index (χ1n) is 4.67. The van der Waals surface area contributed by atoms with Crippen LogP contribution in [0.4, 0.5) is 0 Å². The highest BCUT2D eigenvalue weighted by Crippen LogP contribution is 2.30. The standard InChI is InChI=1S/C8H14N4O/c1-2-8(4-3-5-9-8)6-10-7(13)12-11-6/h9H,2-5H2,1H3,(H2,10,11,12,13). The van der Waals surface area contributed by atoms with Crippen molar-refractivity contribution in [2.75, 3.05) is 6.54 Å². The predicted molar refractivity (Wildman–Crippen MR) is 48.4 cm³/mol. The maximum Gasteiger partial charge on any atom is 0.340 e. The van der Waals surface area contributed by atoms with Crippen molar-refractivity contribution in [3.8, 4) is 0 Å². The largest absolute Gasteiger partial charge is 0.340 e. The molecule has 13 heavy (non-hydrogen) atoms. The molecule has 2 heterocycles. The molecule has 5 nitrogen and oxygen atoms in total. The van der Waals surface area contributed by atoms with Crippen molar-refractivity contribution in [2.24, 2.45) is 0 Å². The lowest BCUT2D eigenvalue weighted by atomic mass is 9.93. The molecule has 0 spiro atoms. The summed E-state index contributed by atoms with van der Waals surface area (Å²) < 4.78 is 0. The van der Waals surface area contributed by atoms with Gasteiger partial charge >= 0.3 is 5.69 Å². The van der Waals surface area contributed by atoms with Gasteiger partial charge in [-0.3, -0.25) is 4.98 Å². The number of nitrogens with one attached hydrogen (secondary N) is 3. The van der Waals surface area contributed by atoms with E-state index < -0.39 is 0 Å². The van der Waals surface area contributed by atoms with Gasteiger partial charge in [0.05, 0.1) is 5.54 Å². The molecule has 72 valence electrons. The smallest absolute Gasteiger partial charge is 0.305 e. The average molecular weight is 182 g/mol. The highest BCUT2D eigenvalue weighted by Gasteiger charge is 2.36. The number of H-pyrrole nitrogens is 2. The van der Waals surface area contributed by atoms with E-state index in [2.05, 4.69) is 27.4 Å². The molecule has 1 aromatic rings. The summed E-state index contributed by atoms with van der Waals surface area (Å²) in [4.78, 5) is 13.6. The second kappa shape index (κ2) is 2.99. The van der Waals surface area contributed by atoms with Crippen LogP contribution >= 0.6 is 0 Å². The van der Waals surface area contributed by atoms with Gasteiger partial charge in [-0.1, -0.05) is 6.92 Å². The van der Waals surface area contributed by atoms with Gasteiger partial charge in [0.1, 0.15) is 0 Å². The zero-order valence-electron chi connectivity index (χ0n) is 7.68. The summed E-state index contributed by atoms with van der Waals surface area (Å²) in [5.74, 6) is 0.748. The normalized spacial score (nSPS) is 28.1. The Bertz CT molecular complexity index is 334. The van der Waals surface area contributed by atoms with E-state index in [1.165, 1.54) is 0 Å². The summed E-state index contributed by atoms with van der Waals surface area (Å²) in [6.07, 6.45) is 3.14. The van der Waals surface area contributed by atoms with Crippen LogP contribution in [0, 0.1) is 0 Å². The minimum atomic E-state index is -0.225. The molecular formula is C8H14N4O. The molecule has 0 bridgehead atoms. The van der Waals surface area contributed by atoms with Crippen LogP contribution in [0.1, 0.15) is 32.0 Å². The predicted octanol–water partition coefficient (Wildman–Crippen LogP) is 0.0867. The lowest BCUT2D eigenvalue weighted by molar-refractivity contribution is 0.354. The van der Waals surface area contributed by atoms with Crippen molar-refractivity contribution >= 4 is 0 Å². The minimum Gasteiger partial charge on any atom is -0.305 e. The summed E-state index contributed by atoms with van der Waals surface area (Å²) in [7, 11) is 0. The second-order valence-electron chi connectivity index (χ2n) is 3.49. The Labute approximate surface area is 75.9 Å². The molecule has 0 saturated carbocycles. The van der Waals surface area contributed by atoms with E-state index in [9.17, 15) is 4.79 Å². The molecule has 0 radical (unpaired) electrons. The highest BCUT2D eigenvalue weighted by molar-refractivity contribution is 5.06. The Kier molecular flexibility index (Phi) is 1.95. The Balaban J connectivity index is 2.35. The maximum absolute atomic E-state index is 10.9. The fourth-order valence-corrected chi connectivity index (χ4v) is 1.97. The molecule has 1 unspecified atom stereocenters. The van der Waals surface area contributed by atoms with E-state index in [4.69, 9.17) is 0 Å². The Morgan fingerprint density at radius 3 is 2.92 bits per heavy atom. The average Bonchev–Trinajstić information content (AvgIpc) is 2.73. The molecule has 0 aromatic carbocycles. The van der Waals surface area contributed by atoms with Crippen LogP contribution in [-0.2, 0) is 5.54 Å². The third-order valence-corrected chi connectivity index (χ3v) is 2.80. The lowest BCUT2D eigenvalue weighted by Gasteiger charge is -2.24. The van der Waals surface area contributed by atoms with Crippen LogP contribution in [0.2, 0.25) is 0 Å². The van der Waals surface area contributed by atoms with Crippen LogP contribution in [0.25, 0.3) is 0 Å². The topological polar surface area (TPSA) is 73.6 Å². The van der Waals surface area contributed by atoms with Crippen LogP contribution in [0.3, 0.4) is 0 Å². The second-order valence-corrected chi connectivity index (χ2v) is 3.49. The number of hydrogen-bond acceptors (Lipinski definition) is 3. The first kappa shape index (κ1) is 8.50. The van der Waals surface area contributed by atoms with Gasteiger partial charge in [-0.15, -0.1) is 0 Å². The van der Waals surface area contributed by atoms with E-state index in [-0.39, 0.29) is 11.2 Å². The molecule has 5 heteroatoms. The van der Waals surface area contributed by atoms with Gasteiger partial charge in [0.2, 0.25) is 0 Å². The Morgan fingerprint density at radius 1 is 1.62 bits per heavy atom. The molecule has 2 rings (SSSR count). The minimum absolute atomic E-state index is 0.0981. The third-order valence-electron chi connectivity index (χ3n) is 2.80.